The standard InChI is InChI=1S/C13H16FN3/c1-2-7-17-9-11(8-16-17)13(15)10-3-5-12(14)6-4-10/h3-6,8-9,13H,2,7,15H2,1H3. The van der Waals surface area contributed by atoms with E-state index in [0.717, 1.165) is 24.1 Å². The maximum Gasteiger partial charge on any atom is 0.123 e. The summed E-state index contributed by atoms with van der Waals surface area (Å²) in [5, 5.41) is 4.23. The SMILES string of the molecule is CCCn1cc(C(N)c2ccc(F)cc2)cn1. The third-order valence-electron chi connectivity index (χ3n) is 2.69. The number of benzene rings is 1. The molecule has 0 amide bonds. The van der Waals surface area contributed by atoms with Crippen LogP contribution in [0.2, 0.25) is 0 Å². The van der Waals surface area contributed by atoms with Gasteiger partial charge in [-0.1, -0.05) is 19.1 Å². The van der Waals surface area contributed by atoms with Crippen molar-refractivity contribution in [3.63, 3.8) is 0 Å². The summed E-state index contributed by atoms with van der Waals surface area (Å²) in [6.45, 7) is 2.98. The van der Waals surface area contributed by atoms with Gasteiger partial charge < -0.3 is 5.73 Å². The molecule has 0 aliphatic heterocycles. The topological polar surface area (TPSA) is 43.8 Å². The number of aromatic nitrogens is 2. The molecule has 1 aromatic heterocycles. The van der Waals surface area contributed by atoms with Crippen LogP contribution in [0.4, 0.5) is 4.39 Å². The fraction of sp³-hybridized carbons (Fsp3) is 0.308. The van der Waals surface area contributed by atoms with Crippen LogP contribution in [0.5, 0.6) is 0 Å². The van der Waals surface area contributed by atoms with Gasteiger partial charge in [-0.15, -0.1) is 0 Å². The molecule has 0 radical (unpaired) electrons. The second-order valence-electron chi connectivity index (χ2n) is 4.07. The van der Waals surface area contributed by atoms with Gasteiger partial charge in [0.15, 0.2) is 0 Å². The lowest BCUT2D eigenvalue weighted by Gasteiger charge is -2.09. The summed E-state index contributed by atoms with van der Waals surface area (Å²) < 4.78 is 14.7. The molecular weight excluding hydrogens is 217 g/mol. The highest BCUT2D eigenvalue weighted by atomic mass is 19.1. The van der Waals surface area contributed by atoms with E-state index in [-0.39, 0.29) is 11.9 Å². The molecule has 3 nitrogen and oxygen atoms in total. The van der Waals surface area contributed by atoms with E-state index in [4.69, 9.17) is 5.73 Å². The van der Waals surface area contributed by atoms with Gasteiger partial charge in [0.25, 0.3) is 0 Å². The summed E-state index contributed by atoms with van der Waals surface area (Å²) in [7, 11) is 0. The Morgan fingerprint density at radius 2 is 2.00 bits per heavy atom. The lowest BCUT2D eigenvalue weighted by Crippen LogP contribution is -2.11. The van der Waals surface area contributed by atoms with Crippen molar-refractivity contribution in [2.45, 2.75) is 25.9 Å². The molecule has 4 heteroatoms. The summed E-state index contributed by atoms with van der Waals surface area (Å²) in [4.78, 5) is 0. The van der Waals surface area contributed by atoms with Crippen molar-refractivity contribution in [1.29, 1.82) is 0 Å². The van der Waals surface area contributed by atoms with Crippen LogP contribution in [0, 0.1) is 5.82 Å². The number of nitrogens with zero attached hydrogens (tertiary/aromatic N) is 2. The van der Waals surface area contributed by atoms with Crippen molar-refractivity contribution < 1.29 is 4.39 Å². The molecule has 0 saturated carbocycles. The van der Waals surface area contributed by atoms with E-state index in [0.29, 0.717) is 0 Å². The first-order valence-electron chi connectivity index (χ1n) is 5.74. The molecular formula is C13H16FN3. The molecule has 0 aliphatic rings. The first-order chi connectivity index (χ1) is 8.20. The van der Waals surface area contributed by atoms with E-state index >= 15 is 0 Å². The number of aryl methyl sites for hydroxylation is 1. The molecule has 2 rings (SSSR count). The van der Waals surface area contributed by atoms with E-state index in [1.807, 2.05) is 10.9 Å². The van der Waals surface area contributed by atoms with Gasteiger partial charge in [-0.2, -0.15) is 5.10 Å². The van der Waals surface area contributed by atoms with Gasteiger partial charge in [-0.25, -0.2) is 4.39 Å². The summed E-state index contributed by atoms with van der Waals surface area (Å²) in [6.07, 6.45) is 4.74. The molecule has 2 aromatic rings. The van der Waals surface area contributed by atoms with Crippen LogP contribution in [0.1, 0.15) is 30.5 Å². The number of rotatable bonds is 4. The Labute approximate surface area is 100 Å². The van der Waals surface area contributed by atoms with Crippen molar-refractivity contribution in [3.8, 4) is 0 Å². The molecule has 2 N–H and O–H groups in total. The van der Waals surface area contributed by atoms with Crippen LogP contribution < -0.4 is 5.73 Å². The smallest absolute Gasteiger partial charge is 0.123 e. The zero-order chi connectivity index (χ0) is 12.3. The van der Waals surface area contributed by atoms with Gasteiger partial charge in [-0.3, -0.25) is 4.68 Å². The van der Waals surface area contributed by atoms with Crippen molar-refractivity contribution in [2.24, 2.45) is 5.73 Å². The molecule has 1 heterocycles. The quantitative estimate of drug-likeness (QED) is 0.881. The minimum Gasteiger partial charge on any atom is -0.320 e. The zero-order valence-corrected chi connectivity index (χ0v) is 9.81. The number of halogens is 1. The molecule has 0 saturated heterocycles. The Balaban J connectivity index is 2.18. The van der Waals surface area contributed by atoms with Crippen molar-refractivity contribution in [2.75, 3.05) is 0 Å². The first-order valence-corrected chi connectivity index (χ1v) is 5.74. The number of hydrogen-bond donors (Lipinski definition) is 1. The number of nitrogens with two attached hydrogens (primary N) is 1. The number of hydrogen-bond acceptors (Lipinski definition) is 2. The Hall–Kier alpha value is -1.68. The molecule has 0 bridgehead atoms. The normalized spacial score (nSPS) is 12.6. The highest BCUT2D eigenvalue weighted by molar-refractivity contribution is 5.28. The summed E-state index contributed by atoms with van der Waals surface area (Å²) in [6, 6.07) is 6.01. The van der Waals surface area contributed by atoms with Gasteiger partial charge in [0, 0.05) is 18.3 Å². The van der Waals surface area contributed by atoms with E-state index in [9.17, 15) is 4.39 Å². The maximum atomic E-state index is 12.8. The minimum absolute atomic E-state index is 0.248. The fourth-order valence-corrected chi connectivity index (χ4v) is 1.75. The van der Waals surface area contributed by atoms with Crippen molar-refractivity contribution in [1.82, 2.24) is 9.78 Å². The lowest BCUT2D eigenvalue weighted by atomic mass is 10.0. The predicted molar refractivity (Wildman–Crippen MR) is 64.9 cm³/mol. The predicted octanol–water partition coefficient (Wildman–Crippen LogP) is 2.48. The van der Waals surface area contributed by atoms with Crippen LogP contribution >= 0.6 is 0 Å². The highest BCUT2D eigenvalue weighted by Gasteiger charge is 2.10. The maximum absolute atomic E-state index is 12.8. The van der Waals surface area contributed by atoms with Crippen LogP contribution in [0.15, 0.2) is 36.7 Å². The lowest BCUT2D eigenvalue weighted by molar-refractivity contribution is 0.601. The average molecular weight is 233 g/mol. The van der Waals surface area contributed by atoms with Gasteiger partial charge >= 0.3 is 0 Å². The van der Waals surface area contributed by atoms with E-state index < -0.39 is 0 Å². The van der Waals surface area contributed by atoms with E-state index in [2.05, 4.69) is 12.0 Å². The second kappa shape index (κ2) is 5.10. The monoisotopic (exact) mass is 233 g/mol. The largest absolute Gasteiger partial charge is 0.320 e. The van der Waals surface area contributed by atoms with Crippen molar-refractivity contribution in [3.05, 3.63) is 53.6 Å². The molecule has 1 atom stereocenters. The Kier molecular flexibility index (Phi) is 3.54. The molecule has 0 fully saturated rings. The van der Waals surface area contributed by atoms with E-state index in [1.54, 1.807) is 18.3 Å². The minimum atomic E-state index is -0.249. The molecule has 90 valence electrons. The molecule has 1 aromatic carbocycles. The van der Waals surface area contributed by atoms with Crippen molar-refractivity contribution >= 4 is 0 Å². The van der Waals surface area contributed by atoms with Crippen LogP contribution in [-0.4, -0.2) is 9.78 Å². The third kappa shape index (κ3) is 2.71. The summed E-state index contributed by atoms with van der Waals surface area (Å²) in [5.74, 6) is -0.248. The molecule has 0 spiro atoms. The Morgan fingerprint density at radius 1 is 1.29 bits per heavy atom. The van der Waals surface area contributed by atoms with Gasteiger partial charge in [-0.05, 0) is 24.1 Å². The summed E-state index contributed by atoms with van der Waals surface area (Å²) in [5.41, 5.74) is 7.94. The highest BCUT2D eigenvalue weighted by Crippen LogP contribution is 2.19. The Morgan fingerprint density at radius 3 is 2.65 bits per heavy atom. The van der Waals surface area contributed by atoms with Crippen LogP contribution in [-0.2, 0) is 6.54 Å². The second-order valence-corrected chi connectivity index (χ2v) is 4.07. The van der Waals surface area contributed by atoms with Gasteiger partial charge in [0.05, 0.1) is 12.2 Å². The van der Waals surface area contributed by atoms with E-state index in [1.165, 1.54) is 12.1 Å². The molecule has 17 heavy (non-hydrogen) atoms. The zero-order valence-electron chi connectivity index (χ0n) is 9.81. The van der Waals surface area contributed by atoms with Crippen LogP contribution in [0.3, 0.4) is 0 Å². The third-order valence-corrected chi connectivity index (χ3v) is 2.69. The first kappa shape index (κ1) is 11.8. The fourth-order valence-electron chi connectivity index (χ4n) is 1.75. The molecule has 0 aliphatic carbocycles. The molecule has 1 unspecified atom stereocenters. The summed E-state index contributed by atoms with van der Waals surface area (Å²) >= 11 is 0. The van der Waals surface area contributed by atoms with Gasteiger partial charge in [0.2, 0.25) is 0 Å². The Bertz CT molecular complexity index is 476. The average Bonchev–Trinajstić information content (AvgIpc) is 2.78. The van der Waals surface area contributed by atoms with Crippen LogP contribution in [0.25, 0.3) is 0 Å². The van der Waals surface area contributed by atoms with Gasteiger partial charge in [0.1, 0.15) is 5.82 Å².